The molecule has 2 rings (SSSR count). The molecule has 0 bridgehead atoms. The van der Waals surface area contributed by atoms with Crippen LogP contribution in [0.15, 0.2) is 0 Å². The van der Waals surface area contributed by atoms with Crippen LogP contribution in [0.4, 0.5) is 0 Å². The number of hydrogen-bond donors (Lipinski definition) is 0. The lowest BCUT2D eigenvalue weighted by Gasteiger charge is -2.31. The first-order chi connectivity index (χ1) is 8.78. The highest BCUT2D eigenvalue weighted by Gasteiger charge is 2.25. The van der Waals surface area contributed by atoms with E-state index >= 15 is 0 Å². The predicted molar refractivity (Wildman–Crippen MR) is 76.8 cm³/mol. The molecule has 106 valence electrons. The smallest absolute Gasteiger partial charge is 0.109 e. The number of halogens is 1. The molecule has 3 unspecified atom stereocenters. The molecule has 0 radical (unpaired) electrons. The quantitative estimate of drug-likeness (QED) is 0.646. The summed E-state index contributed by atoms with van der Waals surface area (Å²) in [7, 11) is 0. The van der Waals surface area contributed by atoms with E-state index in [4.69, 9.17) is 17.3 Å². The van der Waals surface area contributed by atoms with Crippen molar-refractivity contribution >= 4 is 23.0 Å². The minimum absolute atomic E-state index is 0.273. The van der Waals surface area contributed by atoms with E-state index in [0.29, 0.717) is 17.9 Å². The largest absolute Gasteiger partial charge is 0.381 e. The van der Waals surface area contributed by atoms with E-state index in [-0.39, 0.29) is 6.10 Å². The lowest BCUT2D eigenvalue weighted by atomic mass is 9.94. The minimum Gasteiger partial charge on any atom is -0.381 e. The molecule has 2 aliphatic rings. The maximum atomic E-state index is 5.85. The molecule has 3 atom stereocenters. The summed E-state index contributed by atoms with van der Waals surface area (Å²) < 4.78 is 22.0. The van der Waals surface area contributed by atoms with Crippen LogP contribution in [0.2, 0.25) is 0 Å². The van der Waals surface area contributed by atoms with Gasteiger partial charge in [-0.2, -0.15) is 0 Å². The third-order valence-electron chi connectivity index (χ3n) is 3.69. The topological polar surface area (TPSA) is 36.9 Å². The zero-order chi connectivity index (χ0) is 12.8. The summed E-state index contributed by atoms with van der Waals surface area (Å²) in [6.07, 6.45) is 3.82. The summed E-state index contributed by atoms with van der Waals surface area (Å²) in [5.74, 6) is 1.26. The summed E-state index contributed by atoms with van der Waals surface area (Å²) in [5.41, 5.74) is 0. The molecule has 2 fully saturated rings. The predicted octanol–water partition coefficient (Wildman–Crippen LogP) is 2.59. The SMILES string of the molecule is CC(CC1CC(COI)CCO1)OCC1COC1. The first-order valence-corrected chi connectivity index (χ1v) is 7.70. The van der Waals surface area contributed by atoms with Crippen molar-refractivity contribution in [3.05, 3.63) is 0 Å². The zero-order valence-corrected chi connectivity index (χ0v) is 13.1. The summed E-state index contributed by atoms with van der Waals surface area (Å²) in [5, 5.41) is 0. The summed E-state index contributed by atoms with van der Waals surface area (Å²) in [4.78, 5) is 0. The molecule has 5 heteroatoms. The van der Waals surface area contributed by atoms with Crippen molar-refractivity contribution in [1.82, 2.24) is 0 Å². The van der Waals surface area contributed by atoms with Gasteiger partial charge in [0.15, 0.2) is 0 Å². The van der Waals surface area contributed by atoms with E-state index in [0.717, 1.165) is 52.3 Å². The Bertz CT molecular complexity index is 233. The van der Waals surface area contributed by atoms with Crippen LogP contribution in [-0.4, -0.2) is 45.2 Å². The molecule has 2 aliphatic heterocycles. The van der Waals surface area contributed by atoms with Gasteiger partial charge >= 0.3 is 0 Å². The van der Waals surface area contributed by atoms with Crippen molar-refractivity contribution in [2.24, 2.45) is 11.8 Å². The van der Waals surface area contributed by atoms with Gasteiger partial charge in [-0.25, -0.2) is 0 Å². The highest BCUT2D eigenvalue weighted by Crippen LogP contribution is 2.25. The Morgan fingerprint density at radius 3 is 2.78 bits per heavy atom. The first kappa shape index (κ1) is 15.0. The van der Waals surface area contributed by atoms with Gasteiger partial charge in [-0.15, -0.1) is 0 Å². The Kier molecular flexibility index (Phi) is 6.65. The van der Waals surface area contributed by atoms with Gasteiger partial charge in [0.05, 0.1) is 38.6 Å². The Labute approximate surface area is 123 Å². The molecule has 2 saturated heterocycles. The van der Waals surface area contributed by atoms with Crippen molar-refractivity contribution in [1.29, 1.82) is 0 Å². The molecule has 0 spiro atoms. The summed E-state index contributed by atoms with van der Waals surface area (Å²) in [6.45, 7) is 6.40. The molecule has 0 aromatic rings. The number of hydrogen-bond acceptors (Lipinski definition) is 4. The van der Waals surface area contributed by atoms with Gasteiger partial charge in [-0.3, -0.25) is 0 Å². The van der Waals surface area contributed by atoms with Crippen LogP contribution >= 0.6 is 23.0 Å². The van der Waals surface area contributed by atoms with Crippen LogP contribution in [-0.2, 0) is 17.3 Å². The fourth-order valence-corrected chi connectivity index (χ4v) is 2.99. The Morgan fingerprint density at radius 2 is 2.11 bits per heavy atom. The third kappa shape index (κ3) is 4.92. The van der Waals surface area contributed by atoms with Crippen molar-refractivity contribution < 1.29 is 17.3 Å². The van der Waals surface area contributed by atoms with E-state index in [9.17, 15) is 0 Å². The standard InChI is InChI=1S/C13H23IO4/c1-10(17-8-12-6-15-7-12)4-13-5-11(9-18-14)2-3-16-13/h10-13H,2-9H2,1H3. The van der Waals surface area contributed by atoms with E-state index in [1.807, 2.05) is 23.0 Å². The van der Waals surface area contributed by atoms with E-state index < -0.39 is 0 Å². The lowest BCUT2D eigenvalue weighted by molar-refractivity contribution is -0.0983. The molecular formula is C13H23IO4. The second-order valence-electron chi connectivity index (χ2n) is 5.44. The fraction of sp³-hybridized carbons (Fsp3) is 1.00. The summed E-state index contributed by atoms with van der Waals surface area (Å²) >= 11 is 1.98. The van der Waals surface area contributed by atoms with Crippen LogP contribution in [0.25, 0.3) is 0 Å². The average molecular weight is 370 g/mol. The fourth-order valence-electron chi connectivity index (χ4n) is 2.48. The molecule has 18 heavy (non-hydrogen) atoms. The van der Waals surface area contributed by atoms with Crippen molar-refractivity contribution in [3.8, 4) is 0 Å². The number of ether oxygens (including phenoxy) is 3. The van der Waals surface area contributed by atoms with E-state index in [1.54, 1.807) is 0 Å². The van der Waals surface area contributed by atoms with Gasteiger partial charge in [0.1, 0.15) is 23.0 Å². The Morgan fingerprint density at radius 1 is 1.28 bits per heavy atom. The molecule has 0 aliphatic carbocycles. The van der Waals surface area contributed by atoms with Crippen LogP contribution in [0.5, 0.6) is 0 Å². The van der Waals surface area contributed by atoms with Crippen molar-refractivity contribution in [3.63, 3.8) is 0 Å². The van der Waals surface area contributed by atoms with E-state index in [1.165, 1.54) is 0 Å². The second kappa shape index (κ2) is 7.99. The monoisotopic (exact) mass is 370 g/mol. The maximum absolute atomic E-state index is 5.85. The van der Waals surface area contributed by atoms with Gasteiger partial charge in [0, 0.05) is 12.5 Å². The summed E-state index contributed by atoms with van der Waals surface area (Å²) in [6, 6.07) is 0. The normalized spacial score (nSPS) is 31.0. The van der Waals surface area contributed by atoms with E-state index in [2.05, 4.69) is 6.92 Å². The van der Waals surface area contributed by atoms with Crippen LogP contribution in [0.3, 0.4) is 0 Å². The van der Waals surface area contributed by atoms with Gasteiger partial charge in [0.2, 0.25) is 0 Å². The lowest BCUT2D eigenvalue weighted by Crippen LogP contribution is -2.34. The third-order valence-corrected chi connectivity index (χ3v) is 4.05. The molecule has 0 aromatic carbocycles. The van der Waals surface area contributed by atoms with Gasteiger partial charge in [-0.05, 0) is 32.1 Å². The molecule has 0 N–H and O–H groups in total. The van der Waals surface area contributed by atoms with Gasteiger partial charge in [-0.1, -0.05) is 0 Å². The highest BCUT2D eigenvalue weighted by atomic mass is 127. The van der Waals surface area contributed by atoms with Crippen molar-refractivity contribution in [2.75, 3.05) is 33.0 Å². The molecule has 0 amide bonds. The number of rotatable bonds is 7. The van der Waals surface area contributed by atoms with Crippen molar-refractivity contribution in [2.45, 2.75) is 38.4 Å². The second-order valence-corrected chi connectivity index (χ2v) is 6.06. The highest BCUT2D eigenvalue weighted by molar-refractivity contribution is 14.1. The molecule has 0 aromatic heterocycles. The van der Waals surface area contributed by atoms with Gasteiger partial charge < -0.3 is 17.3 Å². The van der Waals surface area contributed by atoms with Crippen LogP contribution < -0.4 is 0 Å². The first-order valence-electron chi connectivity index (χ1n) is 6.82. The maximum Gasteiger partial charge on any atom is 0.109 e. The average Bonchev–Trinajstić information content (AvgIpc) is 2.27. The molecular weight excluding hydrogens is 347 g/mol. The van der Waals surface area contributed by atoms with Crippen LogP contribution in [0, 0.1) is 11.8 Å². The Balaban J connectivity index is 1.61. The Hall–Kier alpha value is 0.570. The molecule has 2 heterocycles. The van der Waals surface area contributed by atoms with Gasteiger partial charge in [0.25, 0.3) is 0 Å². The van der Waals surface area contributed by atoms with Crippen LogP contribution in [0.1, 0.15) is 26.2 Å². The molecule has 0 saturated carbocycles. The zero-order valence-electron chi connectivity index (χ0n) is 11.0. The minimum atomic E-state index is 0.273. The molecule has 4 nitrogen and oxygen atoms in total.